The van der Waals surface area contributed by atoms with Gasteiger partial charge in [-0.2, -0.15) is 13.2 Å². The number of halogens is 3. The molecule has 0 bridgehead atoms. The lowest BCUT2D eigenvalue weighted by Gasteiger charge is -2.09. The van der Waals surface area contributed by atoms with Crippen LogP contribution >= 0.6 is 0 Å². The number of aryl methyl sites for hydroxylation is 1. The van der Waals surface area contributed by atoms with Gasteiger partial charge in [0.05, 0.1) is 16.8 Å². The Labute approximate surface area is 112 Å². The minimum absolute atomic E-state index is 0.0517. The van der Waals surface area contributed by atoms with Crippen molar-refractivity contribution in [1.82, 2.24) is 0 Å². The predicted octanol–water partition coefficient (Wildman–Crippen LogP) is 4.14. The van der Waals surface area contributed by atoms with E-state index in [1.54, 1.807) is 36.0 Å². The molecule has 102 valence electrons. The van der Waals surface area contributed by atoms with Gasteiger partial charge in [-0.05, 0) is 29.8 Å². The number of benzene rings is 1. The second kappa shape index (κ2) is 5.22. The summed E-state index contributed by atoms with van der Waals surface area (Å²) in [7, 11) is 1.76. The van der Waals surface area contributed by atoms with Gasteiger partial charge in [0.2, 0.25) is 5.69 Å². The molecule has 7 heteroatoms. The molecule has 0 amide bonds. The molecule has 0 unspecified atom stereocenters. The highest BCUT2D eigenvalue weighted by Crippen LogP contribution is 2.36. The van der Waals surface area contributed by atoms with Crippen LogP contribution in [0.2, 0.25) is 0 Å². The van der Waals surface area contributed by atoms with Crippen LogP contribution in [0.5, 0.6) is 0 Å². The summed E-state index contributed by atoms with van der Waals surface area (Å²) >= 11 is 0. The number of hydrogen-bond acceptors (Lipinski definition) is 1. The number of rotatable bonds is 2. The molecule has 1 heterocycles. The lowest BCUT2D eigenvalue weighted by atomic mass is 10.1. The van der Waals surface area contributed by atoms with E-state index in [4.69, 9.17) is 5.53 Å². The number of aromatic nitrogens is 1. The van der Waals surface area contributed by atoms with Gasteiger partial charge in [-0.25, -0.2) is 4.57 Å². The third-order valence-electron chi connectivity index (χ3n) is 2.81. The van der Waals surface area contributed by atoms with E-state index in [2.05, 4.69) is 10.0 Å². The molecule has 0 aliphatic carbocycles. The Morgan fingerprint density at radius 3 is 2.55 bits per heavy atom. The second-order valence-electron chi connectivity index (χ2n) is 4.12. The summed E-state index contributed by atoms with van der Waals surface area (Å²) < 4.78 is 39.8. The van der Waals surface area contributed by atoms with Crippen molar-refractivity contribution in [2.75, 3.05) is 0 Å². The van der Waals surface area contributed by atoms with Crippen molar-refractivity contribution in [2.24, 2.45) is 12.2 Å². The summed E-state index contributed by atoms with van der Waals surface area (Å²) in [4.78, 5) is 2.59. The Morgan fingerprint density at radius 1 is 1.20 bits per heavy atom. The van der Waals surface area contributed by atoms with E-state index in [0.717, 1.165) is 12.1 Å². The molecule has 0 saturated heterocycles. The van der Waals surface area contributed by atoms with Crippen molar-refractivity contribution < 1.29 is 17.7 Å². The lowest BCUT2D eigenvalue weighted by molar-refractivity contribution is -0.660. The molecule has 0 N–H and O–H groups in total. The zero-order valence-electron chi connectivity index (χ0n) is 10.5. The molecule has 4 nitrogen and oxygen atoms in total. The van der Waals surface area contributed by atoms with Gasteiger partial charge in [-0.15, -0.1) is 0 Å². The van der Waals surface area contributed by atoms with Gasteiger partial charge in [0.15, 0.2) is 6.20 Å². The first-order valence-electron chi connectivity index (χ1n) is 5.65. The minimum atomic E-state index is -4.48. The molecule has 2 aromatic rings. The van der Waals surface area contributed by atoms with E-state index >= 15 is 0 Å². The summed E-state index contributed by atoms with van der Waals surface area (Å²) in [6.07, 6.45) is -2.72. The summed E-state index contributed by atoms with van der Waals surface area (Å²) in [5.41, 5.74) is 8.73. The van der Waals surface area contributed by atoms with Gasteiger partial charge in [0.25, 0.3) is 0 Å². The smallest absolute Gasteiger partial charge is 0.201 e. The third kappa shape index (κ3) is 2.73. The fourth-order valence-electron chi connectivity index (χ4n) is 1.86. The normalized spacial score (nSPS) is 11.0. The standard InChI is InChI=1S/C13H10F3N4/c1-20-7-3-2-4-12(20)10-6-5-9(13(14,15)16)8-11(10)18-19-17/h2-8H,1H3/q+1. The van der Waals surface area contributed by atoms with Gasteiger partial charge in [-0.1, -0.05) is 5.11 Å². The van der Waals surface area contributed by atoms with Gasteiger partial charge >= 0.3 is 6.18 Å². The van der Waals surface area contributed by atoms with Crippen molar-refractivity contribution in [3.05, 3.63) is 58.6 Å². The Bertz CT molecular complexity index is 688. The molecule has 0 radical (unpaired) electrons. The molecule has 0 spiro atoms. The average molecular weight is 279 g/mol. The van der Waals surface area contributed by atoms with E-state index in [1.807, 2.05) is 0 Å². The average Bonchev–Trinajstić information content (AvgIpc) is 2.39. The fourth-order valence-corrected chi connectivity index (χ4v) is 1.86. The zero-order chi connectivity index (χ0) is 14.8. The molecular weight excluding hydrogens is 269 g/mol. The number of hydrogen-bond donors (Lipinski definition) is 0. The number of alkyl halides is 3. The Kier molecular flexibility index (Phi) is 3.63. The van der Waals surface area contributed by atoms with Crippen LogP contribution < -0.4 is 4.57 Å². The third-order valence-corrected chi connectivity index (χ3v) is 2.81. The van der Waals surface area contributed by atoms with E-state index in [9.17, 15) is 13.2 Å². The first-order chi connectivity index (χ1) is 9.43. The molecular formula is C13H10F3N4+. The highest BCUT2D eigenvalue weighted by molar-refractivity contribution is 5.72. The largest absolute Gasteiger partial charge is 0.416 e. The van der Waals surface area contributed by atoms with Crippen molar-refractivity contribution in [2.45, 2.75) is 6.18 Å². The first-order valence-corrected chi connectivity index (χ1v) is 5.65. The molecule has 0 aliphatic heterocycles. The Balaban J connectivity index is 2.66. The minimum Gasteiger partial charge on any atom is -0.201 e. The van der Waals surface area contributed by atoms with Gasteiger partial charge < -0.3 is 0 Å². The molecule has 1 aromatic heterocycles. The number of nitrogens with zero attached hydrogens (tertiary/aromatic N) is 4. The fraction of sp³-hybridized carbons (Fsp3) is 0.154. The summed E-state index contributed by atoms with van der Waals surface area (Å²) in [5, 5.41) is 3.37. The monoisotopic (exact) mass is 279 g/mol. The molecule has 20 heavy (non-hydrogen) atoms. The second-order valence-corrected chi connectivity index (χ2v) is 4.12. The maximum absolute atomic E-state index is 12.7. The maximum atomic E-state index is 12.7. The molecule has 0 fully saturated rings. The van der Waals surface area contributed by atoms with Gasteiger partial charge in [0, 0.05) is 17.0 Å². The summed E-state index contributed by atoms with van der Waals surface area (Å²) in [5.74, 6) is 0. The maximum Gasteiger partial charge on any atom is 0.416 e. The van der Waals surface area contributed by atoms with Crippen LogP contribution in [-0.2, 0) is 13.2 Å². The molecule has 0 atom stereocenters. The highest BCUT2D eigenvalue weighted by Gasteiger charge is 2.31. The van der Waals surface area contributed by atoms with Gasteiger partial charge in [0.1, 0.15) is 7.05 Å². The van der Waals surface area contributed by atoms with E-state index in [0.29, 0.717) is 11.3 Å². The van der Waals surface area contributed by atoms with E-state index in [-0.39, 0.29) is 5.69 Å². The molecule has 0 aliphatic rings. The van der Waals surface area contributed by atoms with Crippen LogP contribution in [0, 0.1) is 0 Å². The highest BCUT2D eigenvalue weighted by atomic mass is 19.4. The zero-order valence-corrected chi connectivity index (χ0v) is 10.5. The number of azide groups is 1. The SMILES string of the molecule is C[n+]1ccccc1-c1ccc(C(F)(F)F)cc1N=[N+]=[N-]. The van der Waals surface area contributed by atoms with Crippen molar-refractivity contribution in [3.63, 3.8) is 0 Å². The van der Waals surface area contributed by atoms with Crippen molar-refractivity contribution in [3.8, 4) is 11.3 Å². The molecule has 2 rings (SSSR count). The van der Waals surface area contributed by atoms with Crippen molar-refractivity contribution >= 4 is 5.69 Å². The van der Waals surface area contributed by atoms with Crippen LogP contribution in [-0.4, -0.2) is 0 Å². The summed E-state index contributed by atoms with van der Waals surface area (Å²) in [6.45, 7) is 0. The number of pyridine rings is 1. The Morgan fingerprint density at radius 2 is 1.95 bits per heavy atom. The van der Waals surface area contributed by atoms with Crippen LogP contribution in [0.1, 0.15) is 5.56 Å². The van der Waals surface area contributed by atoms with Gasteiger partial charge in [-0.3, -0.25) is 0 Å². The summed E-state index contributed by atoms with van der Waals surface area (Å²) in [6, 6.07) is 8.41. The predicted molar refractivity (Wildman–Crippen MR) is 66.9 cm³/mol. The van der Waals surface area contributed by atoms with Crippen molar-refractivity contribution in [1.29, 1.82) is 0 Å². The van der Waals surface area contributed by atoms with E-state index < -0.39 is 11.7 Å². The molecule has 0 saturated carbocycles. The quantitative estimate of drug-likeness (QED) is 0.343. The van der Waals surface area contributed by atoms with E-state index in [1.165, 1.54) is 6.07 Å². The lowest BCUT2D eigenvalue weighted by Crippen LogP contribution is -2.29. The molecule has 1 aromatic carbocycles. The van der Waals surface area contributed by atoms with Crippen LogP contribution in [0.25, 0.3) is 21.7 Å². The van der Waals surface area contributed by atoms with Crippen LogP contribution in [0.3, 0.4) is 0 Å². The first kappa shape index (κ1) is 13.9. The van der Waals surface area contributed by atoms with Crippen LogP contribution in [0.15, 0.2) is 47.7 Å². The topological polar surface area (TPSA) is 52.6 Å². The van der Waals surface area contributed by atoms with Crippen LogP contribution in [0.4, 0.5) is 18.9 Å². The Hall–Kier alpha value is -2.53.